The van der Waals surface area contributed by atoms with Crippen molar-refractivity contribution in [2.45, 2.75) is 20.3 Å². The number of hydrogen-bond acceptors (Lipinski definition) is 3. The molecule has 0 saturated heterocycles. The van der Waals surface area contributed by atoms with Gasteiger partial charge in [0, 0.05) is 16.6 Å². The van der Waals surface area contributed by atoms with Crippen molar-refractivity contribution in [1.82, 2.24) is 4.90 Å². The zero-order valence-corrected chi connectivity index (χ0v) is 12.8. The van der Waals surface area contributed by atoms with Crippen LogP contribution < -0.4 is 0 Å². The molecule has 5 heteroatoms. The number of carbonyl (C=O) groups is 2. The lowest BCUT2D eigenvalue weighted by Crippen LogP contribution is -2.37. The van der Waals surface area contributed by atoms with Gasteiger partial charge in [0.25, 0.3) is 5.91 Å². The second kappa shape index (κ2) is 7.94. The Balaban J connectivity index is 2.77. The molecule has 0 N–H and O–H groups in total. The van der Waals surface area contributed by atoms with Crippen molar-refractivity contribution in [3.63, 3.8) is 0 Å². The second-order valence-electron chi connectivity index (χ2n) is 4.04. The first-order valence-electron chi connectivity index (χ1n) is 6.29. The molecular weight excluding hydrogens is 310 g/mol. The Morgan fingerprint density at radius 3 is 2.37 bits per heavy atom. The standard InChI is InChI=1S/C14H18BrNO3/c1-3-9-16(10-13(17)19-4-2)14(18)11-5-7-12(15)8-6-11/h5-8H,3-4,9-10H2,1-2H3. The van der Waals surface area contributed by atoms with Gasteiger partial charge in [0.05, 0.1) is 6.61 Å². The van der Waals surface area contributed by atoms with E-state index in [4.69, 9.17) is 4.74 Å². The minimum atomic E-state index is -0.374. The first kappa shape index (κ1) is 15.7. The fourth-order valence-electron chi connectivity index (χ4n) is 1.66. The average molecular weight is 328 g/mol. The van der Waals surface area contributed by atoms with Crippen LogP contribution in [-0.2, 0) is 9.53 Å². The SMILES string of the molecule is CCCN(CC(=O)OCC)C(=O)c1ccc(Br)cc1. The van der Waals surface area contributed by atoms with Crippen molar-refractivity contribution in [1.29, 1.82) is 0 Å². The number of carbonyl (C=O) groups excluding carboxylic acids is 2. The molecule has 0 radical (unpaired) electrons. The molecule has 104 valence electrons. The third kappa shape index (κ3) is 5.03. The lowest BCUT2D eigenvalue weighted by Gasteiger charge is -2.21. The Kier molecular flexibility index (Phi) is 6.56. The molecule has 0 bridgehead atoms. The van der Waals surface area contributed by atoms with Gasteiger partial charge in [0.1, 0.15) is 6.54 Å². The first-order valence-corrected chi connectivity index (χ1v) is 7.08. The van der Waals surface area contributed by atoms with Gasteiger partial charge in [-0.15, -0.1) is 0 Å². The maximum absolute atomic E-state index is 12.3. The number of rotatable bonds is 6. The summed E-state index contributed by atoms with van der Waals surface area (Å²) in [6, 6.07) is 7.09. The van der Waals surface area contributed by atoms with Gasteiger partial charge in [0.15, 0.2) is 0 Å². The van der Waals surface area contributed by atoms with E-state index in [2.05, 4.69) is 15.9 Å². The van der Waals surface area contributed by atoms with Crippen molar-refractivity contribution in [2.24, 2.45) is 0 Å². The van der Waals surface area contributed by atoms with Crippen LogP contribution >= 0.6 is 15.9 Å². The van der Waals surface area contributed by atoms with Crippen molar-refractivity contribution in [3.8, 4) is 0 Å². The summed E-state index contributed by atoms with van der Waals surface area (Å²) in [6.07, 6.45) is 0.793. The molecular formula is C14H18BrNO3. The van der Waals surface area contributed by atoms with Gasteiger partial charge in [-0.1, -0.05) is 22.9 Å². The van der Waals surface area contributed by atoms with Crippen LogP contribution in [0.5, 0.6) is 0 Å². The minimum Gasteiger partial charge on any atom is -0.465 e. The maximum Gasteiger partial charge on any atom is 0.325 e. The quantitative estimate of drug-likeness (QED) is 0.755. The molecule has 0 atom stereocenters. The molecule has 19 heavy (non-hydrogen) atoms. The van der Waals surface area contributed by atoms with E-state index in [1.807, 2.05) is 19.1 Å². The Hall–Kier alpha value is -1.36. The largest absolute Gasteiger partial charge is 0.465 e. The monoisotopic (exact) mass is 327 g/mol. The van der Waals surface area contributed by atoms with Crippen LogP contribution in [0.1, 0.15) is 30.6 Å². The average Bonchev–Trinajstić information content (AvgIpc) is 2.38. The number of esters is 1. The van der Waals surface area contributed by atoms with Crippen LogP contribution in [0, 0.1) is 0 Å². The van der Waals surface area contributed by atoms with E-state index in [1.54, 1.807) is 19.1 Å². The highest BCUT2D eigenvalue weighted by molar-refractivity contribution is 9.10. The highest BCUT2D eigenvalue weighted by Crippen LogP contribution is 2.12. The van der Waals surface area contributed by atoms with Crippen LogP contribution in [0.3, 0.4) is 0 Å². The van der Waals surface area contributed by atoms with Gasteiger partial charge in [-0.2, -0.15) is 0 Å². The summed E-state index contributed by atoms with van der Waals surface area (Å²) < 4.78 is 5.80. The maximum atomic E-state index is 12.3. The minimum absolute atomic E-state index is 0.00340. The Morgan fingerprint density at radius 2 is 1.84 bits per heavy atom. The second-order valence-corrected chi connectivity index (χ2v) is 4.95. The summed E-state index contributed by atoms with van der Waals surface area (Å²) in [4.78, 5) is 25.3. The van der Waals surface area contributed by atoms with Crippen LogP contribution in [0.15, 0.2) is 28.7 Å². The third-order valence-corrected chi connectivity index (χ3v) is 3.03. The fraction of sp³-hybridized carbons (Fsp3) is 0.429. The van der Waals surface area contributed by atoms with E-state index < -0.39 is 0 Å². The number of benzene rings is 1. The number of halogens is 1. The molecule has 4 nitrogen and oxygen atoms in total. The molecule has 0 saturated carbocycles. The zero-order chi connectivity index (χ0) is 14.3. The molecule has 0 aliphatic carbocycles. The number of ether oxygens (including phenoxy) is 1. The summed E-state index contributed by atoms with van der Waals surface area (Å²) >= 11 is 3.32. The van der Waals surface area contributed by atoms with Gasteiger partial charge >= 0.3 is 5.97 Å². The van der Waals surface area contributed by atoms with E-state index in [0.29, 0.717) is 18.7 Å². The van der Waals surface area contributed by atoms with Crippen LogP contribution in [0.25, 0.3) is 0 Å². The predicted molar refractivity (Wildman–Crippen MR) is 77.0 cm³/mol. The van der Waals surface area contributed by atoms with Gasteiger partial charge in [-0.05, 0) is 37.6 Å². The van der Waals surface area contributed by atoms with E-state index in [0.717, 1.165) is 10.9 Å². The first-order chi connectivity index (χ1) is 9.08. The molecule has 0 fully saturated rings. The lowest BCUT2D eigenvalue weighted by atomic mass is 10.2. The zero-order valence-electron chi connectivity index (χ0n) is 11.2. The van der Waals surface area contributed by atoms with Crippen molar-refractivity contribution in [3.05, 3.63) is 34.3 Å². The van der Waals surface area contributed by atoms with Crippen LogP contribution in [-0.4, -0.2) is 36.5 Å². The van der Waals surface area contributed by atoms with Gasteiger partial charge in [0.2, 0.25) is 0 Å². The summed E-state index contributed by atoms with van der Waals surface area (Å²) in [5, 5.41) is 0. The van der Waals surface area contributed by atoms with Crippen molar-refractivity contribution < 1.29 is 14.3 Å². The summed E-state index contributed by atoms with van der Waals surface area (Å²) in [5.41, 5.74) is 0.570. The smallest absolute Gasteiger partial charge is 0.325 e. The van der Waals surface area contributed by atoms with E-state index in [9.17, 15) is 9.59 Å². The molecule has 0 aromatic heterocycles. The molecule has 0 unspecified atom stereocenters. The summed E-state index contributed by atoms with van der Waals surface area (Å²) in [5.74, 6) is -0.524. The molecule has 1 aromatic carbocycles. The summed E-state index contributed by atoms with van der Waals surface area (Å²) in [7, 11) is 0. The highest BCUT2D eigenvalue weighted by Gasteiger charge is 2.18. The molecule has 0 aliphatic rings. The molecule has 1 aromatic rings. The van der Waals surface area contributed by atoms with Crippen LogP contribution in [0.4, 0.5) is 0 Å². The Bertz CT molecular complexity index is 431. The molecule has 0 spiro atoms. The molecule has 0 aliphatic heterocycles. The number of hydrogen-bond donors (Lipinski definition) is 0. The van der Waals surface area contributed by atoms with E-state index in [-0.39, 0.29) is 18.4 Å². The van der Waals surface area contributed by atoms with Crippen molar-refractivity contribution >= 4 is 27.8 Å². The number of amides is 1. The molecule has 1 rings (SSSR count). The van der Waals surface area contributed by atoms with Gasteiger partial charge in [-0.3, -0.25) is 9.59 Å². The van der Waals surface area contributed by atoms with Crippen LogP contribution in [0.2, 0.25) is 0 Å². The Morgan fingerprint density at radius 1 is 1.21 bits per heavy atom. The van der Waals surface area contributed by atoms with E-state index >= 15 is 0 Å². The van der Waals surface area contributed by atoms with E-state index in [1.165, 1.54) is 4.90 Å². The predicted octanol–water partition coefficient (Wildman–Crippen LogP) is 2.86. The lowest BCUT2D eigenvalue weighted by molar-refractivity contribution is -0.143. The fourth-order valence-corrected chi connectivity index (χ4v) is 1.92. The third-order valence-electron chi connectivity index (χ3n) is 2.50. The van der Waals surface area contributed by atoms with Gasteiger partial charge in [-0.25, -0.2) is 0 Å². The van der Waals surface area contributed by atoms with Gasteiger partial charge < -0.3 is 9.64 Å². The number of nitrogens with zero attached hydrogens (tertiary/aromatic N) is 1. The normalized spacial score (nSPS) is 10.1. The Labute approximate surface area is 121 Å². The van der Waals surface area contributed by atoms with Crippen molar-refractivity contribution in [2.75, 3.05) is 19.7 Å². The highest BCUT2D eigenvalue weighted by atomic mass is 79.9. The molecule has 1 amide bonds. The summed E-state index contributed by atoms with van der Waals surface area (Å²) in [6.45, 7) is 4.57. The topological polar surface area (TPSA) is 46.6 Å². The molecule has 0 heterocycles.